The zero-order valence-electron chi connectivity index (χ0n) is 20.5. The second kappa shape index (κ2) is 10.1. The maximum Gasteiger partial charge on any atom is 0.268 e. The summed E-state index contributed by atoms with van der Waals surface area (Å²) in [6.07, 6.45) is 1.12. The summed E-state index contributed by atoms with van der Waals surface area (Å²) < 4.78 is 0. The number of aromatic amines is 1. The summed E-state index contributed by atoms with van der Waals surface area (Å²) in [6, 6.07) is 5.35. The van der Waals surface area contributed by atoms with Crippen molar-refractivity contribution in [2.24, 2.45) is 11.3 Å². The fourth-order valence-corrected chi connectivity index (χ4v) is 4.78. The minimum absolute atomic E-state index is 0.124. The predicted octanol–water partition coefficient (Wildman–Crippen LogP) is 4.32. The molecule has 2 aromatic rings. The average Bonchev–Trinajstić information content (AvgIpc) is 3.29. The van der Waals surface area contributed by atoms with Crippen LogP contribution in [0, 0.1) is 22.7 Å². The number of benzene rings is 1. The van der Waals surface area contributed by atoms with Gasteiger partial charge in [-0.3, -0.25) is 14.4 Å². The molecule has 1 aliphatic heterocycles. The van der Waals surface area contributed by atoms with Crippen molar-refractivity contribution >= 4 is 51.8 Å². The Morgan fingerprint density at radius 3 is 2.51 bits per heavy atom. The molecule has 188 valence electrons. The van der Waals surface area contributed by atoms with E-state index in [1.165, 1.54) is 0 Å². The van der Waals surface area contributed by atoms with Crippen molar-refractivity contribution in [2.75, 3.05) is 0 Å². The highest BCUT2D eigenvalue weighted by molar-refractivity contribution is 6.45. The van der Waals surface area contributed by atoms with Crippen LogP contribution in [0.3, 0.4) is 0 Å². The summed E-state index contributed by atoms with van der Waals surface area (Å²) >= 11 is 12.3. The van der Waals surface area contributed by atoms with E-state index in [4.69, 9.17) is 23.2 Å². The lowest BCUT2D eigenvalue weighted by atomic mass is 9.87. The molecular weight excluding hydrogens is 489 g/mol. The third-order valence-corrected chi connectivity index (χ3v) is 6.76. The third kappa shape index (κ3) is 6.68. The van der Waals surface area contributed by atoms with Crippen molar-refractivity contribution in [3.63, 3.8) is 0 Å². The Labute approximate surface area is 215 Å². The highest BCUT2D eigenvalue weighted by atomic mass is 35.5. The molecule has 2 heterocycles. The van der Waals surface area contributed by atoms with Gasteiger partial charge in [0, 0.05) is 16.8 Å². The summed E-state index contributed by atoms with van der Waals surface area (Å²) in [6.45, 7) is 9.71. The number of halogens is 2. The number of nitriles is 1. The lowest BCUT2D eigenvalue weighted by Gasteiger charge is -2.27. The molecule has 0 radical (unpaired) electrons. The van der Waals surface area contributed by atoms with Crippen LogP contribution in [0.5, 0.6) is 0 Å². The first-order valence-electron chi connectivity index (χ1n) is 11.5. The summed E-state index contributed by atoms with van der Waals surface area (Å²) in [5, 5.41) is 19.4. The van der Waals surface area contributed by atoms with Gasteiger partial charge in [-0.15, -0.1) is 0 Å². The minimum Gasteiger partial charge on any atom is -0.351 e. The highest BCUT2D eigenvalue weighted by Gasteiger charge is 2.39. The maximum absolute atomic E-state index is 13.2. The zero-order chi connectivity index (χ0) is 26.1. The summed E-state index contributed by atoms with van der Waals surface area (Å²) in [4.78, 5) is 41.5. The first-order chi connectivity index (χ1) is 16.2. The van der Waals surface area contributed by atoms with E-state index in [9.17, 15) is 19.6 Å². The van der Waals surface area contributed by atoms with E-state index in [-0.39, 0.29) is 34.9 Å². The molecule has 0 aliphatic carbocycles. The maximum atomic E-state index is 13.2. The molecule has 2 unspecified atom stereocenters. The third-order valence-electron chi connectivity index (χ3n) is 5.95. The molecule has 4 N–H and O–H groups in total. The van der Waals surface area contributed by atoms with Gasteiger partial charge in [-0.25, -0.2) is 0 Å². The zero-order valence-corrected chi connectivity index (χ0v) is 22.0. The molecule has 8 nitrogen and oxygen atoms in total. The van der Waals surface area contributed by atoms with Crippen LogP contribution in [0.1, 0.15) is 64.4 Å². The van der Waals surface area contributed by atoms with Crippen molar-refractivity contribution in [3.8, 4) is 6.07 Å². The molecule has 0 saturated carbocycles. The molecule has 1 aliphatic rings. The van der Waals surface area contributed by atoms with Crippen molar-refractivity contribution in [2.45, 2.75) is 71.5 Å². The number of H-pyrrole nitrogens is 1. The standard InChI is InChI=1S/C25H31Cl2N5O3/c1-24(2,3)11-18(23(35)29-15(12-28)8-14-10-25(4,5)32-21(14)33)31-22(34)17-9-13-6-7-16(26)19(27)20(13)30-17/h6-7,9,14-15,18,30H,8,10-11H2,1-5H3,(H,29,35)(H,31,34)(H,32,33)/t14?,15-,18?/m0/s1. The fourth-order valence-electron chi connectivity index (χ4n) is 4.41. The monoisotopic (exact) mass is 519 g/mol. The van der Waals surface area contributed by atoms with E-state index in [0.717, 1.165) is 0 Å². The number of hydrogen-bond donors (Lipinski definition) is 4. The largest absolute Gasteiger partial charge is 0.351 e. The van der Waals surface area contributed by atoms with Crippen LogP contribution in [0.15, 0.2) is 18.2 Å². The van der Waals surface area contributed by atoms with Crippen molar-refractivity contribution in [1.82, 2.24) is 20.9 Å². The number of nitrogens with one attached hydrogen (secondary N) is 4. The van der Waals surface area contributed by atoms with Crippen LogP contribution in [0.2, 0.25) is 10.0 Å². The molecule has 1 fully saturated rings. The van der Waals surface area contributed by atoms with Crippen molar-refractivity contribution in [3.05, 3.63) is 33.9 Å². The first kappa shape index (κ1) is 26.8. The predicted molar refractivity (Wildman–Crippen MR) is 136 cm³/mol. The van der Waals surface area contributed by atoms with Gasteiger partial charge >= 0.3 is 0 Å². The van der Waals surface area contributed by atoms with Crippen LogP contribution in [0.25, 0.3) is 10.9 Å². The van der Waals surface area contributed by atoms with Crippen LogP contribution in [-0.2, 0) is 9.59 Å². The van der Waals surface area contributed by atoms with Crippen LogP contribution in [0.4, 0.5) is 0 Å². The van der Waals surface area contributed by atoms with Gasteiger partial charge in [0.15, 0.2) is 0 Å². The molecular formula is C25H31Cl2N5O3. The summed E-state index contributed by atoms with van der Waals surface area (Å²) in [5.41, 5.74) is 0.131. The van der Waals surface area contributed by atoms with Crippen LogP contribution >= 0.6 is 23.2 Å². The molecule has 3 atom stereocenters. The second-order valence-electron chi connectivity index (χ2n) is 11.0. The van der Waals surface area contributed by atoms with E-state index in [0.29, 0.717) is 33.8 Å². The Hall–Kier alpha value is -2.76. The molecule has 3 amide bonds. The Balaban J connectivity index is 1.75. The lowest BCUT2D eigenvalue weighted by Crippen LogP contribution is -2.51. The highest BCUT2D eigenvalue weighted by Crippen LogP contribution is 2.31. The van der Waals surface area contributed by atoms with Crippen LogP contribution < -0.4 is 16.0 Å². The van der Waals surface area contributed by atoms with E-state index in [2.05, 4.69) is 27.0 Å². The minimum atomic E-state index is -0.891. The second-order valence-corrected chi connectivity index (χ2v) is 11.8. The normalized spacial score (nSPS) is 19.0. The van der Waals surface area contributed by atoms with Gasteiger partial charge in [-0.2, -0.15) is 5.26 Å². The topological polar surface area (TPSA) is 127 Å². The first-order valence-corrected chi connectivity index (χ1v) is 12.2. The number of carbonyl (C=O) groups is 3. The fraction of sp³-hybridized carbons (Fsp3) is 0.520. The van der Waals surface area contributed by atoms with E-state index in [1.54, 1.807) is 18.2 Å². The van der Waals surface area contributed by atoms with E-state index in [1.807, 2.05) is 34.6 Å². The summed E-state index contributed by atoms with van der Waals surface area (Å²) in [5.74, 6) is -1.45. The summed E-state index contributed by atoms with van der Waals surface area (Å²) in [7, 11) is 0. The number of nitrogens with zero attached hydrogens (tertiary/aromatic N) is 1. The molecule has 0 spiro atoms. The molecule has 10 heteroatoms. The Morgan fingerprint density at radius 1 is 1.26 bits per heavy atom. The molecule has 1 aromatic heterocycles. The SMILES string of the molecule is CC(C)(C)CC(NC(=O)c1cc2ccc(Cl)c(Cl)c2[nH]1)C(=O)N[C@H](C#N)CC1CC(C)(C)NC1=O. The smallest absolute Gasteiger partial charge is 0.268 e. The van der Waals surface area contributed by atoms with E-state index >= 15 is 0 Å². The average molecular weight is 520 g/mol. The number of hydrogen-bond acceptors (Lipinski definition) is 4. The molecule has 3 rings (SSSR count). The van der Waals surface area contributed by atoms with Gasteiger partial charge in [0.1, 0.15) is 17.8 Å². The number of aromatic nitrogens is 1. The lowest BCUT2D eigenvalue weighted by molar-refractivity contribution is -0.125. The van der Waals surface area contributed by atoms with Gasteiger partial charge in [0.05, 0.1) is 21.6 Å². The molecule has 1 aromatic carbocycles. The van der Waals surface area contributed by atoms with Crippen LogP contribution in [-0.4, -0.2) is 40.3 Å². The number of rotatable bonds is 7. The number of carbonyl (C=O) groups excluding carboxylic acids is 3. The number of amides is 3. The Morgan fingerprint density at radius 2 is 1.94 bits per heavy atom. The number of fused-ring (bicyclic) bond motifs is 1. The van der Waals surface area contributed by atoms with Gasteiger partial charge in [0.25, 0.3) is 5.91 Å². The quantitative estimate of drug-likeness (QED) is 0.434. The van der Waals surface area contributed by atoms with Crippen molar-refractivity contribution in [1.29, 1.82) is 5.26 Å². The molecule has 0 bridgehead atoms. The molecule has 35 heavy (non-hydrogen) atoms. The van der Waals surface area contributed by atoms with Gasteiger partial charge in [-0.05, 0) is 50.7 Å². The van der Waals surface area contributed by atoms with E-state index < -0.39 is 23.9 Å². The molecule has 1 saturated heterocycles. The van der Waals surface area contributed by atoms with Gasteiger partial charge < -0.3 is 20.9 Å². The van der Waals surface area contributed by atoms with Gasteiger partial charge in [-0.1, -0.05) is 50.0 Å². The Kier molecular flexibility index (Phi) is 7.73. The van der Waals surface area contributed by atoms with Gasteiger partial charge in [0.2, 0.25) is 11.8 Å². The van der Waals surface area contributed by atoms with Crippen molar-refractivity contribution < 1.29 is 14.4 Å². The Bertz CT molecular complexity index is 1190.